The Labute approximate surface area is 138 Å². The van der Waals surface area contributed by atoms with Crippen LogP contribution >= 0.6 is 0 Å². The largest absolute Gasteiger partial charge is 0.481 e. The van der Waals surface area contributed by atoms with Crippen molar-refractivity contribution in [2.24, 2.45) is 5.92 Å². The van der Waals surface area contributed by atoms with E-state index in [1.54, 1.807) is 6.92 Å². The molecule has 2 rings (SSSR count). The second-order valence-electron chi connectivity index (χ2n) is 6.27. The van der Waals surface area contributed by atoms with Crippen molar-refractivity contribution in [3.8, 4) is 0 Å². The van der Waals surface area contributed by atoms with Crippen molar-refractivity contribution in [3.63, 3.8) is 0 Å². The topological polar surface area (TPSA) is 66.4 Å². The van der Waals surface area contributed by atoms with Crippen molar-refractivity contribution in [2.75, 3.05) is 0 Å². The number of aliphatic carboxylic acids is 1. The predicted molar refractivity (Wildman–Crippen MR) is 81.4 cm³/mol. The van der Waals surface area contributed by atoms with Crippen LogP contribution in [0.3, 0.4) is 0 Å². The van der Waals surface area contributed by atoms with Crippen molar-refractivity contribution >= 4 is 11.9 Å². The molecule has 132 valence electrons. The van der Waals surface area contributed by atoms with Gasteiger partial charge in [0.05, 0.1) is 11.5 Å². The van der Waals surface area contributed by atoms with Crippen LogP contribution in [0.1, 0.15) is 49.7 Å². The second-order valence-corrected chi connectivity index (χ2v) is 6.27. The Morgan fingerprint density at radius 3 is 2.42 bits per heavy atom. The van der Waals surface area contributed by atoms with Crippen molar-refractivity contribution < 1.29 is 27.9 Å². The average Bonchev–Trinajstić information content (AvgIpc) is 2.94. The summed E-state index contributed by atoms with van der Waals surface area (Å²) < 4.78 is 37.6. The highest BCUT2D eigenvalue weighted by Gasteiger charge is 2.34. The van der Waals surface area contributed by atoms with Crippen LogP contribution in [-0.4, -0.2) is 23.0 Å². The van der Waals surface area contributed by atoms with E-state index in [1.165, 1.54) is 12.1 Å². The molecule has 1 aliphatic carbocycles. The Kier molecular flexibility index (Phi) is 5.51. The zero-order valence-electron chi connectivity index (χ0n) is 13.3. The van der Waals surface area contributed by atoms with Gasteiger partial charge in [-0.1, -0.05) is 25.5 Å². The Morgan fingerprint density at radius 2 is 1.88 bits per heavy atom. The first-order valence-electron chi connectivity index (χ1n) is 7.88. The predicted octanol–water partition coefficient (Wildman–Crippen LogP) is 3.57. The van der Waals surface area contributed by atoms with Gasteiger partial charge in [-0.05, 0) is 36.5 Å². The Balaban J connectivity index is 1.93. The van der Waals surface area contributed by atoms with E-state index in [0.29, 0.717) is 18.4 Å². The Bertz CT molecular complexity index is 598. The molecule has 0 bridgehead atoms. The number of hydrogen-bond donors (Lipinski definition) is 2. The van der Waals surface area contributed by atoms with Gasteiger partial charge in [0.15, 0.2) is 0 Å². The highest BCUT2D eigenvalue weighted by atomic mass is 19.4. The van der Waals surface area contributed by atoms with Gasteiger partial charge in [0.1, 0.15) is 0 Å². The molecule has 0 saturated heterocycles. The second kappa shape index (κ2) is 7.23. The summed E-state index contributed by atoms with van der Waals surface area (Å²) >= 11 is 0. The Hall–Kier alpha value is -2.05. The number of rotatable bonds is 5. The molecule has 7 heteroatoms. The number of nitrogens with one attached hydrogen (secondary N) is 1. The van der Waals surface area contributed by atoms with Crippen LogP contribution in [0.15, 0.2) is 24.3 Å². The molecule has 0 spiro atoms. The number of hydrogen-bond acceptors (Lipinski definition) is 2. The highest BCUT2D eigenvalue weighted by Crippen LogP contribution is 2.31. The van der Waals surface area contributed by atoms with Crippen LogP contribution in [0.25, 0.3) is 0 Å². The average molecular weight is 343 g/mol. The lowest BCUT2D eigenvalue weighted by atomic mass is 9.95. The van der Waals surface area contributed by atoms with Gasteiger partial charge in [0, 0.05) is 12.5 Å². The van der Waals surface area contributed by atoms with E-state index < -0.39 is 23.6 Å². The first kappa shape index (κ1) is 18.3. The van der Waals surface area contributed by atoms with Crippen molar-refractivity contribution in [3.05, 3.63) is 35.4 Å². The van der Waals surface area contributed by atoms with Crippen molar-refractivity contribution in [1.29, 1.82) is 0 Å². The van der Waals surface area contributed by atoms with Crippen LogP contribution in [-0.2, 0) is 15.8 Å². The summed E-state index contributed by atoms with van der Waals surface area (Å²) in [5, 5.41) is 11.9. The summed E-state index contributed by atoms with van der Waals surface area (Å²) in [7, 11) is 0. The van der Waals surface area contributed by atoms with Gasteiger partial charge in [0.2, 0.25) is 5.91 Å². The molecule has 24 heavy (non-hydrogen) atoms. The number of alkyl halides is 3. The number of carbonyl (C=O) groups is 2. The molecule has 0 aromatic heterocycles. The Morgan fingerprint density at radius 1 is 1.25 bits per heavy atom. The summed E-state index contributed by atoms with van der Waals surface area (Å²) in [5.74, 6) is -2.00. The maximum absolute atomic E-state index is 12.5. The molecular weight excluding hydrogens is 323 g/mol. The van der Waals surface area contributed by atoms with E-state index in [1.807, 2.05) is 0 Å². The van der Waals surface area contributed by atoms with E-state index in [-0.39, 0.29) is 24.3 Å². The third-order valence-electron chi connectivity index (χ3n) is 4.48. The molecule has 1 unspecified atom stereocenters. The number of carboxylic acids is 1. The fourth-order valence-electron chi connectivity index (χ4n) is 3.09. The molecule has 1 aromatic rings. The number of amides is 1. The lowest BCUT2D eigenvalue weighted by molar-refractivity contribution is -0.142. The molecule has 3 atom stereocenters. The van der Waals surface area contributed by atoms with Gasteiger partial charge < -0.3 is 10.4 Å². The molecule has 1 aliphatic rings. The van der Waals surface area contributed by atoms with Crippen LogP contribution in [0, 0.1) is 5.92 Å². The molecule has 1 aromatic carbocycles. The van der Waals surface area contributed by atoms with Crippen molar-refractivity contribution in [1.82, 2.24) is 5.32 Å². The molecule has 2 N–H and O–H groups in total. The zero-order valence-corrected chi connectivity index (χ0v) is 13.3. The van der Waals surface area contributed by atoms with E-state index in [4.69, 9.17) is 5.11 Å². The van der Waals surface area contributed by atoms with Crippen molar-refractivity contribution in [2.45, 2.75) is 50.7 Å². The molecule has 0 aliphatic heterocycles. The summed E-state index contributed by atoms with van der Waals surface area (Å²) in [4.78, 5) is 23.2. The van der Waals surface area contributed by atoms with Crippen LogP contribution in [0.4, 0.5) is 13.2 Å². The zero-order chi connectivity index (χ0) is 17.9. The summed E-state index contributed by atoms with van der Waals surface area (Å²) in [6, 6.07) is 4.38. The maximum atomic E-state index is 12.5. The highest BCUT2D eigenvalue weighted by molar-refractivity contribution is 5.79. The number of benzene rings is 1. The molecule has 0 radical (unpaired) electrons. The van der Waals surface area contributed by atoms with E-state index >= 15 is 0 Å². The third kappa shape index (κ3) is 4.49. The number of halogens is 3. The lowest BCUT2D eigenvalue weighted by Gasteiger charge is -2.19. The van der Waals surface area contributed by atoms with E-state index in [9.17, 15) is 22.8 Å². The fraction of sp³-hybridized carbons (Fsp3) is 0.529. The molecule has 1 amide bonds. The van der Waals surface area contributed by atoms with Crippen LogP contribution in [0.5, 0.6) is 0 Å². The number of carboxylic acid groups (broad SMARTS) is 1. The minimum absolute atomic E-state index is 0.105. The third-order valence-corrected chi connectivity index (χ3v) is 4.48. The van der Waals surface area contributed by atoms with Gasteiger partial charge >= 0.3 is 12.1 Å². The molecular formula is C17H20F3NO3. The van der Waals surface area contributed by atoms with E-state index in [0.717, 1.165) is 18.6 Å². The summed E-state index contributed by atoms with van der Waals surface area (Å²) in [6.45, 7) is 1.76. The van der Waals surface area contributed by atoms with E-state index in [2.05, 4.69) is 5.32 Å². The lowest BCUT2D eigenvalue weighted by Crippen LogP contribution is -2.40. The molecule has 0 heterocycles. The van der Waals surface area contributed by atoms with Gasteiger partial charge in [0.25, 0.3) is 0 Å². The molecule has 4 nitrogen and oxygen atoms in total. The summed E-state index contributed by atoms with van der Waals surface area (Å²) in [6.07, 6.45) is -2.33. The monoisotopic (exact) mass is 343 g/mol. The minimum atomic E-state index is -4.38. The molecule has 1 fully saturated rings. The first-order valence-corrected chi connectivity index (χ1v) is 7.88. The van der Waals surface area contributed by atoms with Crippen LogP contribution in [0.2, 0.25) is 0 Å². The van der Waals surface area contributed by atoms with Crippen LogP contribution < -0.4 is 5.32 Å². The van der Waals surface area contributed by atoms with Gasteiger partial charge in [-0.3, -0.25) is 9.59 Å². The molecule has 1 saturated carbocycles. The minimum Gasteiger partial charge on any atom is -0.481 e. The van der Waals surface area contributed by atoms with Gasteiger partial charge in [-0.25, -0.2) is 0 Å². The van der Waals surface area contributed by atoms with Gasteiger partial charge in [-0.15, -0.1) is 0 Å². The van der Waals surface area contributed by atoms with Gasteiger partial charge in [-0.2, -0.15) is 13.2 Å². The quantitative estimate of drug-likeness (QED) is 0.859. The number of carbonyl (C=O) groups excluding carboxylic acids is 1. The first-order chi connectivity index (χ1) is 11.2. The summed E-state index contributed by atoms with van der Waals surface area (Å²) in [5.41, 5.74) is -0.0856. The standard InChI is InChI=1S/C17H20F3NO3/c1-10(11-5-7-12(8-6-11)17(18,19)20)9-15(22)21-14-4-2-3-13(14)16(23)24/h5-8,10,13-14H,2-4,9H2,1H3,(H,21,22)(H,23,24)/t10?,13-,14+/m0/s1. The maximum Gasteiger partial charge on any atom is 0.416 e. The SMILES string of the molecule is CC(CC(=O)N[C@@H]1CCC[C@@H]1C(=O)O)c1ccc(C(F)(F)F)cc1. The fourth-order valence-corrected chi connectivity index (χ4v) is 3.09. The smallest absolute Gasteiger partial charge is 0.416 e. The normalized spacial score (nSPS) is 22.2.